The van der Waals surface area contributed by atoms with E-state index in [0.717, 1.165) is 6.42 Å². The monoisotopic (exact) mass is 291 g/mol. The Bertz CT molecular complexity index is 486. The fraction of sp³-hybridized carbons (Fsp3) is 0.500. The standard InChI is InChI=1S/C16H25N3O2/c1-5-12(4)17-10-15(20)19-14-8-6-7-13(9-14)16(21)18-11(2)3/h6-9,11-12,17H,5,10H2,1-4H3,(H,18,21)(H,19,20). The highest BCUT2D eigenvalue weighted by Crippen LogP contribution is 2.10. The summed E-state index contributed by atoms with van der Waals surface area (Å²) >= 11 is 0. The Morgan fingerprint density at radius 3 is 2.52 bits per heavy atom. The lowest BCUT2D eigenvalue weighted by atomic mass is 10.1. The summed E-state index contributed by atoms with van der Waals surface area (Å²) in [7, 11) is 0. The fourth-order valence-electron chi connectivity index (χ4n) is 1.70. The van der Waals surface area contributed by atoms with E-state index in [0.29, 0.717) is 17.3 Å². The lowest BCUT2D eigenvalue weighted by Gasteiger charge is -2.12. The quantitative estimate of drug-likeness (QED) is 0.721. The first kappa shape index (κ1) is 17.2. The Labute approximate surface area is 126 Å². The molecule has 0 aliphatic heterocycles. The Kier molecular flexibility index (Phi) is 6.88. The molecule has 21 heavy (non-hydrogen) atoms. The molecule has 0 saturated carbocycles. The van der Waals surface area contributed by atoms with Crippen LogP contribution in [0.1, 0.15) is 44.5 Å². The van der Waals surface area contributed by atoms with Crippen LogP contribution in [-0.2, 0) is 4.79 Å². The SMILES string of the molecule is CCC(C)NCC(=O)Nc1cccc(C(=O)NC(C)C)c1. The Morgan fingerprint density at radius 2 is 1.90 bits per heavy atom. The van der Waals surface area contributed by atoms with E-state index in [9.17, 15) is 9.59 Å². The Balaban J connectivity index is 2.60. The van der Waals surface area contributed by atoms with E-state index in [-0.39, 0.29) is 24.4 Å². The molecule has 2 amide bonds. The molecule has 0 spiro atoms. The Hall–Kier alpha value is -1.88. The number of carbonyl (C=O) groups excluding carboxylic acids is 2. The van der Waals surface area contributed by atoms with Crippen molar-refractivity contribution in [2.75, 3.05) is 11.9 Å². The maximum Gasteiger partial charge on any atom is 0.251 e. The van der Waals surface area contributed by atoms with E-state index in [1.54, 1.807) is 24.3 Å². The predicted octanol–water partition coefficient (Wildman–Crippen LogP) is 2.15. The van der Waals surface area contributed by atoms with Gasteiger partial charge in [0, 0.05) is 23.3 Å². The average Bonchev–Trinajstić information content (AvgIpc) is 2.44. The van der Waals surface area contributed by atoms with Crippen molar-refractivity contribution in [1.82, 2.24) is 10.6 Å². The molecule has 1 unspecified atom stereocenters. The second kappa shape index (κ2) is 8.42. The number of rotatable bonds is 7. The molecule has 116 valence electrons. The zero-order chi connectivity index (χ0) is 15.8. The van der Waals surface area contributed by atoms with Crippen LogP contribution in [0.5, 0.6) is 0 Å². The van der Waals surface area contributed by atoms with Crippen molar-refractivity contribution in [2.24, 2.45) is 0 Å². The summed E-state index contributed by atoms with van der Waals surface area (Å²) in [5, 5.41) is 8.74. The summed E-state index contributed by atoms with van der Waals surface area (Å²) in [5.41, 5.74) is 1.17. The number of hydrogen-bond acceptors (Lipinski definition) is 3. The van der Waals surface area contributed by atoms with Gasteiger partial charge in [0.15, 0.2) is 0 Å². The number of nitrogens with one attached hydrogen (secondary N) is 3. The van der Waals surface area contributed by atoms with Gasteiger partial charge in [-0.2, -0.15) is 0 Å². The molecule has 1 rings (SSSR count). The minimum absolute atomic E-state index is 0.0791. The molecule has 0 fully saturated rings. The van der Waals surface area contributed by atoms with Gasteiger partial charge in [-0.05, 0) is 45.4 Å². The minimum Gasteiger partial charge on any atom is -0.350 e. The fourth-order valence-corrected chi connectivity index (χ4v) is 1.70. The molecule has 1 aromatic carbocycles. The van der Waals surface area contributed by atoms with Gasteiger partial charge in [0.1, 0.15) is 0 Å². The molecule has 0 aromatic heterocycles. The summed E-state index contributed by atoms with van der Waals surface area (Å²) in [6.45, 7) is 8.17. The maximum absolute atomic E-state index is 11.9. The van der Waals surface area contributed by atoms with Crippen molar-refractivity contribution in [3.63, 3.8) is 0 Å². The van der Waals surface area contributed by atoms with Crippen molar-refractivity contribution in [3.05, 3.63) is 29.8 Å². The zero-order valence-corrected chi connectivity index (χ0v) is 13.2. The maximum atomic E-state index is 11.9. The van der Waals surface area contributed by atoms with Gasteiger partial charge in [-0.25, -0.2) is 0 Å². The lowest BCUT2D eigenvalue weighted by Crippen LogP contribution is -2.34. The van der Waals surface area contributed by atoms with Crippen molar-refractivity contribution in [1.29, 1.82) is 0 Å². The van der Waals surface area contributed by atoms with E-state index in [2.05, 4.69) is 22.9 Å². The molecule has 0 heterocycles. The minimum atomic E-state index is -0.140. The van der Waals surface area contributed by atoms with Crippen LogP contribution in [0.3, 0.4) is 0 Å². The topological polar surface area (TPSA) is 70.2 Å². The highest BCUT2D eigenvalue weighted by atomic mass is 16.2. The number of anilines is 1. The van der Waals surface area contributed by atoms with Crippen molar-refractivity contribution < 1.29 is 9.59 Å². The normalized spacial score (nSPS) is 12.0. The summed E-state index contributed by atoms with van der Waals surface area (Å²) in [6.07, 6.45) is 0.970. The van der Waals surface area contributed by atoms with Gasteiger partial charge in [0.25, 0.3) is 5.91 Å². The number of amides is 2. The van der Waals surface area contributed by atoms with E-state index in [1.807, 2.05) is 20.8 Å². The largest absolute Gasteiger partial charge is 0.350 e. The van der Waals surface area contributed by atoms with Gasteiger partial charge in [-0.3, -0.25) is 9.59 Å². The lowest BCUT2D eigenvalue weighted by molar-refractivity contribution is -0.115. The van der Waals surface area contributed by atoms with Gasteiger partial charge >= 0.3 is 0 Å². The van der Waals surface area contributed by atoms with Crippen LogP contribution < -0.4 is 16.0 Å². The molecule has 0 saturated heterocycles. The molecular formula is C16H25N3O2. The van der Waals surface area contributed by atoms with Crippen LogP contribution in [0.25, 0.3) is 0 Å². The third-order valence-electron chi connectivity index (χ3n) is 3.05. The van der Waals surface area contributed by atoms with E-state index in [1.165, 1.54) is 0 Å². The van der Waals surface area contributed by atoms with Gasteiger partial charge in [-0.1, -0.05) is 13.0 Å². The first-order valence-electron chi connectivity index (χ1n) is 7.36. The van der Waals surface area contributed by atoms with Crippen LogP contribution in [0, 0.1) is 0 Å². The first-order valence-corrected chi connectivity index (χ1v) is 7.36. The van der Waals surface area contributed by atoms with E-state index < -0.39 is 0 Å². The Morgan fingerprint density at radius 1 is 1.19 bits per heavy atom. The molecule has 1 atom stereocenters. The number of hydrogen-bond donors (Lipinski definition) is 3. The molecule has 0 bridgehead atoms. The molecule has 5 nitrogen and oxygen atoms in total. The number of benzene rings is 1. The molecule has 0 aliphatic rings. The van der Waals surface area contributed by atoms with Crippen LogP contribution in [0.4, 0.5) is 5.69 Å². The van der Waals surface area contributed by atoms with Crippen molar-refractivity contribution in [2.45, 2.75) is 46.2 Å². The van der Waals surface area contributed by atoms with Gasteiger partial charge < -0.3 is 16.0 Å². The van der Waals surface area contributed by atoms with Crippen LogP contribution in [0.2, 0.25) is 0 Å². The summed E-state index contributed by atoms with van der Waals surface area (Å²) < 4.78 is 0. The third kappa shape index (κ3) is 6.40. The van der Waals surface area contributed by atoms with Gasteiger partial charge in [0.2, 0.25) is 5.91 Å². The molecular weight excluding hydrogens is 266 g/mol. The predicted molar refractivity (Wildman–Crippen MR) is 85.4 cm³/mol. The van der Waals surface area contributed by atoms with Crippen molar-refractivity contribution >= 4 is 17.5 Å². The molecule has 3 N–H and O–H groups in total. The van der Waals surface area contributed by atoms with Crippen LogP contribution >= 0.6 is 0 Å². The number of carbonyl (C=O) groups is 2. The van der Waals surface area contributed by atoms with Gasteiger partial charge in [-0.15, -0.1) is 0 Å². The van der Waals surface area contributed by atoms with E-state index >= 15 is 0 Å². The van der Waals surface area contributed by atoms with Crippen LogP contribution in [0.15, 0.2) is 24.3 Å². The average molecular weight is 291 g/mol. The molecule has 0 aliphatic carbocycles. The highest BCUT2D eigenvalue weighted by Gasteiger charge is 2.09. The second-order valence-electron chi connectivity index (χ2n) is 5.45. The highest BCUT2D eigenvalue weighted by molar-refractivity contribution is 5.97. The summed E-state index contributed by atoms with van der Waals surface area (Å²) in [6, 6.07) is 7.32. The van der Waals surface area contributed by atoms with E-state index in [4.69, 9.17) is 0 Å². The van der Waals surface area contributed by atoms with Gasteiger partial charge in [0.05, 0.1) is 6.54 Å². The third-order valence-corrected chi connectivity index (χ3v) is 3.05. The molecule has 5 heteroatoms. The van der Waals surface area contributed by atoms with Crippen LogP contribution in [-0.4, -0.2) is 30.4 Å². The smallest absolute Gasteiger partial charge is 0.251 e. The summed E-state index contributed by atoms with van der Waals surface area (Å²) in [4.78, 5) is 23.7. The molecule has 0 radical (unpaired) electrons. The van der Waals surface area contributed by atoms with Crippen molar-refractivity contribution in [3.8, 4) is 0 Å². The molecule has 1 aromatic rings. The first-order chi connectivity index (χ1) is 9.92. The second-order valence-corrected chi connectivity index (χ2v) is 5.45. The summed E-state index contributed by atoms with van der Waals surface area (Å²) in [5.74, 6) is -0.254. The zero-order valence-electron chi connectivity index (χ0n) is 13.2.